The fraction of sp³-hybridized carbons (Fsp3) is 0.0500. The number of benzene rings is 2. The van der Waals surface area contributed by atoms with Gasteiger partial charge >= 0.3 is 6.03 Å². The molecule has 2 aromatic carbocycles. The predicted molar refractivity (Wildman–Crippen MR) is 133 cm³/mol. The topological polar surface area (TPSA) is 173 Å². The highest BCUT2D eigenvalue weighted by Gasteiger charge is 2.34. The Morgan fingerprint density at radius 2 is 1.72 bits per heavy atom. The van der Waals surface area contributed by atoms with Crippen molar-refractivity contribution in [1.82, 2.24) is 4.72 Å². The number of fused-ring (bicyclic) bond motifs is 1. The number of halogens is 2. The lowest BCUT2D eigenvalue weighted by Gasteiger charge is -2.28. The van der Waals surface area contributed by atoms with Crippen molar-refractivity contribution in [3.8, 4) is 0 Å². The van der Waals surface area contributed by atoms with Crippen LogP contribution in [0, 0.1) is 0 Å². The van der Waals surface area contributed by atoms with Crippen molar-refractivity contribution >= 4 is 83.8 Å². The Morgan fingerprint density at radius 3 is 2.33 bits per heavy atom. The Hall–Kier alpha value is -3.01. The van der Waals surface area contributed by atoms with Gasteiger partial charge < -0.3 is 5.32 Å². The predicted octanol–water partition coefficient (Wildman–Crippen LogP) is 2.94. The number of imide groups is 1. The first kappa shape index (κ1) is 26.1. The quantitative estimate of drug-likeness (QED) is 0.384. The molecule has 4 rings (SSSR count). The lowest BCUT2D eigenvalue weighted by Crippen LogP contribution is -2.42. The van der Waals surface area contributed by atoms with E-state index in [4.69, 9.17) is 28.3 Å². The van der Waals surface area contributed by atoms with E-state index in [2.05, 4.69) is 5.32 Å². The molecule has 0 saturated carbocycles. The van der Waals surface area contributed by atoms with Gasteiger partial charge in [0.1, 0.15) is 4.21 Å². The van der Waals surface area contributed by atoms with Crippen LogP contribution in [0.2, 0.25) is 9.36 Å². The highest BCUT2D eigenvalue weighted by atomic mass is 35.5. The van der Waals surface area contributed by atoms with Crippen molar-refractivity contribution in [2.75, 3.05) is 10.2 Å². The first-order chi connectivity index (χ1) is 16.8. The third-order valence-electron chi connectivity index (χ3n) is 4.92. The van der Waals surface area contributed by atoms with Crippen LogP contribution in [-0.4, -0.2) is 34.7 Å². The average Bonchev–Trinajstić information content (AvgIpc) is 3.21. The average molecular weight is 589 g/mol. The number of sulfonamides is 2. The molecule has 1 aromatic heterocycles. The number of hydrogen-bond acceptors (Lipinski definition) is 8. The number of carbonyl (C=O) groups excluding carboxylic acids is 3. The molecule has 0 unspecified atom stereocenters. The number of hydrogen-bond donors (Lipinski definition) is 3. The van der Waals surface area contributed by atoms with Crippen molar-refractivity contribution in [1.29, 1.82) is 0 Å². The maximum Gasteiger partial charge on any atom is 0.333 e. The summed E-state index contributed by atoms with van der Waals surface area (Å²) in [6.45, 7) is 0. The van der Waals surface area contributed by atoms with E-state index in [0.29, 0.717) is 5.56 Å². The number of rotatable bonds is 5. The van der Waals surface area contributed by atoms with E-state index in [9.17, 15) is 31.2 Å². The molecule has 0 aliphatic carbocycles. The van der Waals surface area contributed by atoms with Crippen LogP contribution in [0.5, 0.6) is 0 Å². The molecule has 0 saturated heterocycles. The van der Waals surface area contributed by atoms with Crippen LogP contribution in [0.3, 0.4) is 0 Å². The molecule has 0 radical (unpaired) electrons. The summed E-state index contributed by atoms with van der Waals surface area (Å²) in [5.41, 5.74) is 0.338. The summed E-state index contributed by atoms with van der Waals surface area (Å²) in [6.07, 6.45) is -0.199. The number of thiophene rings is 1. The molecule has 0 bridgehead atoms. The van der Waals surface area contributed by atoms with E-state index < -0.39 is 37.9 Å². The van der Waals surface area contributed by atoms with Crippen LogP contribution in [0.1, 0.15) is 15.9 Å². The van der Waals surface area contributed by atoms with Gasteiger partial charge in [-0.05, 0) is 48.0 Å². The summed E-state index contributed by atoms with van der Waals surface area (Å²) in [5.74, 6) is -1.43. The number of amides is 4. The fourth-order valence-corrected chi connectivity index (χ4v) is 6.54. The van der Waals surface area contributed by atoms with E-state index in [1.165, 1.54) is 42.5 Å². The molecule has 1 aliphatic rings. The van der Waals surface area contributed by atoms with Crippen molar-refractivity contribution in [3.63, 3.8) is 0 Å². The zero-order chi connectivity index (χ0) is 26.4. The van der Waals surface area contributed by atoms with Crippen LogP contribution >= 0.6 is 34.5 Å². The lowest BCUT2D eigenvalue weighted by molar-refractivity contribution is -0.117. The van der Waals surface area contributed by atoms with Crippen LogP contribution in [-0.2, 0) is 31.3 Å². The molecule has 4 N–H and O–H groups in total. The zero-order valence-corrected chi connectivity index (χ0v) is 21.7. The molecule has 0 spiro atoms. The Kier molecular flexibility index (Phi) is 6.85. The normalized spacial score (nSPS) is 13.9. The van der Waals surface area contributed by atoms with Crippen molar-refractivity contribution in [2.45, 2.75) is 15.5 Å². The van der Waals surface area contributed by atoms with E-state index in [0.717, 1.165) is 22.3 Å². The molecular weight excluding hydrogens is 575 g/mol. The second-order valence-corrected chi connectivity index (χ2v) is 13.0. The highest BCUT2D eigenvalue weighted by Crippen LogP contribution is 2.34. The van der Waals surface area contributed by atoms with E-state index in [-0.39, 0.29) is 41.8 Å². The third kappa shape index (κ3) is 5.23. The standard InChI is InChI=1S/C20H14Cl2N4O7S3/c21-14-8-11(24-20(29)25-36(32,33)18-6-5-16(22)34-18)2-4-15(14)26-17(27)7-10-1-3-12(35(23,30)31)9-13(10)19(26)28/h1-6,8-9H,7H2,(H2,23,30,31)(H2,24,25,29). The third-order valence-corrected chi connectivity index (χ3v) is 9.19. The van der Waals surface area contributed by atoms with Crippen molar-refractivity contribution in [3.05, 3.63) is 69.0 Å². The summed E-state index contributed by atoms with van der Waals surface area (Å²) in [4.78, 5) is 38.5. The number of nitrogens with two attached hydrogens (primary N) is 1. The number of anilines is 2. The summed E-state index contributed by atoms with van der Waals surface area (Å²) in [5, 5.41) is 7.32. The molecule has 16 heteroatoms. The van der Waals surface area contributed by atoms with Crippen LogP contribution < -0.4 is 20.1 Å². The molecular formula is C20H14Cl2N4O7S3. The van der Waals surface area contributed by atoms with Gasteiger partial charge in [0.15, 0.2) is 0 Å². The van der Waals surface area contributed by atoms with E-state index in [1.807, 2.05) is 4.72 Å². The molecule has 0 fully saturated rings. The van der Waals surface area contributed by atoms with Gasteiger partial charge in [-0.2, -0.15) is 0 Å². The van der Waals surface area contributed by atoms with Crippen LogP contribution in [0.15, 0.2) is 57.6 Å². The van der Waals surface area contributed by atoms with E-state index in [1.54, 1.807) is 0 Å². The molecule has 11 nitrogen and oxygen atoms in total. The molecule has 188 valence electrons. The molecule has 4 amide bonds. The number of urea groups is 1. The van der Waals surface area contributed by atoms with Gasteiger partial charge in [-0.15, -0.1) is 11.3 Å². The number of nitrogens with one attached hydrogen (secondary N) is 2. The Bertz CT molecular complexity index is 1650. The minimum atomic E-state index is -4.16. The van der Waals surface area contributed by atoms with Crippen LogP contribution in [0.4, 0.5) is 16.2 Å². The largest absolute Gasteiger partial charge is 0.333 e. The Balaban J connectivity index is 1.56. The fourth-order valence-electron chi connectivity index (χ4n) is 3.34. The van der Waals surface area contributed by atoms with Gasteiger partial charge in [-0.3, -0.25) is 9.59 Å². The number of carbonyl (C=O) groups is 3. The van der Waals surface area contributed by atoms with Crippen LogP contribution in [0.25, 0.3) is 0 Å². The van der Waals surface area contributed by atoms with Gasteiger partial charge in [-0.25, -0.2) is 36.4 Å². The SMILES string of the molecule is NS(=O)(=O)c1ccc2c(c1)C(=O)N(c1ccc(NC(=O)NS(=O)(=O)c3ccc(Cl)s3)cc1Cl)C(=O)C2. The van der Waals surface area contributed by atoms with Crippen molar-refractivity contribution in [2.24, 2.45) is 5.14 Å². The molecule has 3 aromatic rings. The van der Waals surface area contributed by atoms with Gasteiger partial charge in [0, 0.05) is 11.3 Å². The molecule has 36 heavy (non-hydrogen) atoms. The Morgan fingerprint density at radius 1 is 1.00 bits per heavy atom. The summed E-state index contributed by atoms with van der Waals surface area (Å²) in [7, 11) is -8.25. The van der Waals surface area contributed by atoms with Gasteiger partial charge in [0.25, 0.3) is 15.9 Å². The second kappa shape index (κ2) is 9.46. The molecule has 0 atom stereocenters. The van der Waals surface area contributed by atoms with Gasteiger partial charge in [0.2, 0.25) is 15.9 Å². The minimum Gasteiger partial charge on any atom is -0.307 e. The Labute approximate surface area is 218 Å². The lowest BCUT2D eigenvalue weighted by atomic mass is 9.98. The number of nitrogens with zero attached hydrogens (tertiary/aromatic N) is 1. The second-order valence-electron chi connectivity index (χ2n) is 7.36. The monoisotopic (exact) mass is 588 g/mol. The first-order valence-electron chi connectivity index (χ1n) is 9.68. The highest BCUT2D eigenvalue weighted by molar-refractivity contribution is 7.92. The smallest absolute Gasteiger partial charge is 0.307 e. The maximum absolute atomic E-state index is 13.1. The minimum absolute atomic E-state index is 0.0230. The zero-order valence-electron chi connectivity index (χ0n) is 17.7. The van der Waals surface area contributed by atoms with Gasteiger partial charge in [-0.1, -0.05) is 29.3 Å². The summed E-state index contributed by atoms with van der Waals surface area (Å²) >= 11 is 12.8. The summed E-state index contributed by atoms with van der Waals surface area (Å²) < 4.78 is 49.8. The number of primary sulfonamides is 1. The first-order valence-corrected chi connectivity index (χ1v) is 14.3. The maximum atomic E-state index is 13.1. The van der Waals surface area contributed by atoms with E-state index >= 15 is 0 Å². The van der Waals surface area contributed by atoms with Gasteiger partial charge in [0.05, 0.1) is 26.4 Å². The molecule has 2 heterocycles. The molecule has 1 aliphatic heterocycles. The summed E-state index contributed by atoms with van der Waals surface area (Å²) in [6, 6.07) is 8.94. The van der Waals surface area contributed by atoms with Crippen molar-refractivity contribution < 1.29 is 31.2 Å².